The summed E-state index contributed by atoms with van der Waals surface area (Å²) < 4.78 is 5.80. The number of rotatable bonds is 8. The van der Waals surface area contributed by atoms with Gasteiger partial charge in [0, 0.05) is 0 Å². The molecule has 0 atom stereocenters. The van der Waals surface area contributed by atoms with Crippen LogP contribution in [0.3, 0.4) is 0 Å². The Hall–Kier alpha value is -0.730. The summed E-state index contributed by atoms with van der Waals surface area (Å²) in [6.07, 6.45) is 7.99. The van der Waals surface area contributed by atoms with E-state index in [4.69, 9.17) is 4.74 Å². The van der Waals surface area contributed by atoms with Crippen LogP contribution in [0.4, 0.5) is 0 Å². The number of hydrogen-bond acceptors (Lipinski definition) is 2. The molecule has 1 saturated heterocycles. The fraction of sp³-hybridized carbons (Fsp3) is 0.667. The van der Waals surface area contributed by atoms with Crippen molar-refractivity contribution in [2.75, 3.05) is 26.2 Å². The molecule has 1 fully saturated rings. The summed E-state index contributed by atoms with van der Waals surface area (Å²) in [4.78, 5) is 2.64. The first kappa shape index (κ1) is 18.3. The maximum atomic E-state index is 5.80. The zero-order valence-corrected chi connectivity index (χ0v) is 14.1. The molecule has 3 heteroatoms. The first-order valence-electron chi connectivity index (χ1n) is 8.28. The van der Waals surface area contributed by atoms with Gasteiger partial charge in [0.15, 0.2) is 0 Å². The Morgan fingerprint density at radius 1 is 1.10 bits per heavy atom. The number of unbranched alkanes of at least 4 members (excludes halogenated alkanes) is 2. The van der Waals surface area contributed by atoms with E-state index in [2.05, 4.69) is 11.8 Å². The second-order valence-corrected chi connectivity index (χ2v) is 5.94. The summed E-state index contributed by atoms with van der Waals surface area (Å²) in [7, 11) is 0. The smallest absolute Gasteiger partial charge is 0.119 e. The van der Waals surface area contributed by atoms with Crippen LogP contribution < -0.4 is 4.74 Å². The third kappa shape index (κ3) is 7.19. The first-order chi connectivity index (χ1) is 9.88. The number of nitrogens with zero attached hydrogens (tertiary/aromatic N) is 1. The van der Waals surface area contributed by atoms with Gasteiger partial charge in [0.25, 0.3) is 0 Å². The van der Waals surface area contributed by atoms with E-state index in [9.17, 15) is 0 Å². The van der Waals surface area contributed by atoms with Gasteiger partial charge in [-0.3, -0.25) is 0 Å². The average molecular weight is 312 g/mol. The summed E-state index contributed by atoms with van der Waals surface area (Å²) >= 11 is 0. The molecule has 1 aromatic carbocycles. The van der Waals surface area contributed by atoms with Crippen molar-refractivity contribution in [3.63, 3.8) is 0 Å². The summed E-state index contributed by atoms with van der Waals surface area (Å²) in [5, 5.41) is 0. The van der Waals surface area contributed by atoms with E-state index in [1.54, 1.807) is 0 Å². The Balaban J connectivity index is 0.00000220. The number of piperidine rings is 1. The fourth-order valence-corrected chi connectivity index (χ4v) is 2.94. The van der Waals surface area contributed by atoms with E-state index in [1.165, 1.54) is 58.2 Å². The molecule has 0 saturated carbocycles. The van der Waals surface area contributed by atoms with Crippen LogP contribution >= 0.6 is 12.4 Å². The Labute approximate surface area is 136 Å². The number of benzene rings is 1. The Kier molecular flexibility index (Phi) is 9.53. The van der Waals surface area contributed by atoms with Gasteiger partial charge in [-0.25, -0.2) is 0 Å². The van der Waals surface area contributed by atoms with Crippen LogP contribution in [-0.2, 0) is 0 Å². The van der Waals surface area contributed by atoms with E-state index in [1.807, 2.05) is 30.3 Å². The van der Waals surface area contributed by atoms with Crippen LogP contribution in [0.25, 0.3) is 0 Å². The zero-order chi connectivity index (χ0) is 14.0. The van der Waals surface area contributed by atoms with Crippen LogP contribution in [0.2, 0.25) is 0 Å². The third-order valence-corrected chi connectivity index (χ3v) is 4.32. The second-order valence-electron chi connectivity index (χ2n) is 5.94. The van der Waals surface area contributed by atoms with Gasteiger partial charge in [-0.2, -0.15) is 0 Å². The molecule has 0 unspecified atom stereocenters. The molecule has 0 aromatic heterocycles. The van der Waals surface area contributed by atoms with E-state index in [0.717, 1.165) is 18.3 Å². The van der Waals surface area contributed by atoms with Crippen molar-refractivity contribution in [1.29, 1.82) is 0 Å². The lowest BCUT2D eigenvalue weighted by Gasteiger charge is -2.31. The Morgan fingerprint density at radius 3 is 2.48 bits per heavy atom. The van der Waals surface area contributed by atoms with Crippen molar-refractivity contribution in [3.8, 4) is 5.75 Å². The number of likely N-dealkylation sites (tertiary alicyclic amines) is 1. The molecule has 0 radical (unpaired) electrons. The zero-order valence-electron chi connectivity index (χ0n) is 13.3. The summed E-state index contributed by atoms with van der Waals surface area (Å²) in [5.41, 5.74) is 0. The minimum atomic E-state index is 0. The van der Waals surface area contributed by atoms with Crippen LogP contribution in [0, 0.1) is 5.92 Å². The molecule has 0 spiro atoms. The number of ether oxygens (including phenoxy) is 1. The highest BCUT2D eigenvalue weighted by Crippen LogP contribution is 2.21. The average Bonchev–Trinajstić information content (AvgIpc) is 2.50. The van der Waals surface area contributed by atoms with Crippen LogP contribution in [-0.4, -0.2) is 31.1 Å². The SMILES string of the molecule is CCCCCN1CCC(CCOc2ccccc2)CC1.Cl. The molecule has 1 heterocycles. The van der Waals surface area contributed by atoms with E-state index in [0.29, 0.717) is 0 Å². The lowest BCUT2D eigenvalue weighted by atomic mass is 9.94. The molecule has 2 nitrogen and oxygen atoms in total. The Bertz CT molecular complexity index is 349. The van der Waals surface area contributed by atoms with Crippen LogP contribution in [0.5, 0.6) is 5.75 Å². The fourth-order valence-electron chi connectivity index (χ4n) is 2.94. The van der Waals surface area contributed by atoms with E-state index < -0.39 is 0 Å². The largest absolute Gasteiger partial charge is 0.494 e. The highest BCUT2D eigenvalue weighted by Gasteiger charge is 2.18. The van der Waals surface area contributed by atoms with Crippen molar-refractivity contribution in [1.82, 2.24) is 4.90 Å². The molecule has 1 aliphatic rings. The van der Waals surface area contributed by atoms with Crippen molar-refractivity contribution < 1.29 is 4.74 Å². The lowest BCUT2D eigenvalue weighted by molar-refractivity contribution is 0.161. The highest BCUT2D eigenvalue weighted by molar-refractivity contribution is 5.85. The lowest BCUT2D eigenvalue weighted by Crippen LogP contribution is -2.34. The molecular weight excluding hydrogens is 282 g/mol. The van der Waals surface area contributed by atoms with Gasteiger partial charge in [-0.1, -0.05) is 38.0 Å². The molecule has 1 aliphatic heterocycles. The first-order valence-corrected chi connectivity index (χ1v) is 8.28. The molecule has 2 rings (SSSR count). The molecule has 0 bridgehead atoms. The minimum absolute atomic E-state index is 0. The molecule has 0 amide bonds. The predicted molar refractivity (Wildman–Crippen MR) is 92.5 cm³/mol. The van der Waals surface area contributed by atoms with E-state index >= 15 is 0 Å². The molecule has 120 valence electrons. The molecule has 0 aliphatic carbocycles. The predicted octanol–water partition coefficient (Wildman–Crippen LogP) is 4.78. The Morgan fingerprint density at radius 2 is 1.81 bits per heavy atom. The molecular formula is C18H30ClNO. The quantitative estimate of drug-likeness (QED) is 0.641. The monoisotopic (exact) mass is 311 g/mol. The molecule has 21 heavy (non-hydrogen) atoms. The van der Waals surface area contributed by atoms with Gasteiger partial charge in [0.05, 0.1) is 6.61 Å². The summed E-state index contributed by atoms with van der Waals surface area (Å²) in [6.45, 7) is 7.03. The summed E-state index contributed by atoms with van der Waals surface area (Å²) in [5.74, 6) is 1.87. The number of halogens is 1. The molecule has 0 N–H and O–H groups in total. The third-order valence-electron chi connectivity index (χ3n) is 4.32. The van der Waals surface area contributed by atoms with Crippen molar-refractivity contribution in [3.05, 3.63) is 30.3 Å². The number of para-hydroxylation sites is 1. The topological polar surface area (TPSA) is 12.5 Å². The van der Waals surface area contributed by atoms with Gasteiger partial charge in [0.2, 0.25) is 0 Å². The summed E-state index contributed by atoms with van der Waals surface area (Å²) in [6, 6.07) is 10.2. The van der Waals surface area contributed by atoms with Crippen LogP contribution in [0.1, 0.15) is 45.4 Å². The second kappa shape index (κ2) is 10.9. The van der Waals surface area contributed by atoms with Gasteiger partial charge in [-0.15, -0.1) is 12.4 Å². The normalized spacial score (nSPS) is 16.4. The van der Waals surface area contributed by atoms with Gasteiger partial charge < -0.3 is 9.64 Å². The van der Waals surface area contributed by atoms with Gasteiger partial charge in [0.1, 0.15) is 5.75 Å². The molecule has 1 aromatic rings. The van der Waals surface area contributed by atoms with Gasteiger partial charge >= 0.3 is 0 Å². The standard InChI is InChI=1S/C18H29NO.ClH/c1-2-3-7-13-19-14-10-17(11-15-19)12-16-20-18-8-5-4-6-9-18;/h4-6,8-9,17H,2-3,7,10-16H2,1H3;1H. The van der Waals surface area contributed by atoms with Crippen molar-refractivity contribution >= 4 is 12.4 Å². The maximum Gasteiger partial charge on any atom is 0.119 e. The van der Waals surface area contributed by atoms with Gasteiger partial charge in [-0.05, 0) is 63.4 Å². The number of hydrogen-bond donors (Lipinski definition) is 0. The van der Waals surface area contributed by atoms with Crippen molar-refractivity contribution in [2.24, 2.45) is 5.92 Å². The van der Waals surface area contributed by atoms with Crippen LogP contribution in [0.15, 0.2) is 30.3 Å². The van der Waals surface area contributed by atoms with E-state index in [-0.39, 0.29) is 12.4 Å². The minimum Gasteiger partial charge on any atom is -0.494 e. The maximum absolute atomic E-state index is 5.80. The highest BCUT2D eigenvalue weighted by atomic mass is 35.5. The van der Waals surface area contributed by atoms with Crippen molar-refractivity contribution in [2.45, 2.75) is 45.4 Å².